The van der Waals surface area contributed by atoms with E-state index in [1.54, 1.807) is 36.7 Å². The molecule has 1 aromatic heterocycles. The van der Waals surface area contributed by atoms with Crippen LogP contribution < -0.4 is 0 Å². The van der Waals surface area contributed by atoms with Crippen molar-refractivity contribution < 1.29 is 17.9 Å². The third-order valence-corrected chi connectivity index (χ3v) is 4.04. The van der Waals surface area contributed by atoms with Crippen molar-refractivity contribution >= 4 is 15.8 Å². The van der Waals surface area contributed by atoms with Crippen molar-refractivity contribution in [1.29, 1.82) is 0 Å². The Kier molecular flexibility index (Phi) is 5.87. The van der Waals surface area contributed by atoms with Gasteiger partial charge in [0.25, 0.3) is 0 Å². The van der Waals surface area contributed by atoms with Crippen LogP contribution in [0.2, 0.25) is 0 Å². The van der Waals surface area contributed by atoms with E-state index in [2.05, 4.69) is 4.98 Å². The maximum Gasteiger partial charge on any atom is 0.338 e. The summed E-state index contributed by atoms with van der Waals surface area (Å²) in [6.45, 7) is 0.332. The summed E-state index contributed by atoms with van der Waals surface area (Å²) in [5.74, 6) is -0.435. The number of ether oxygens (including phenoxy) is 1. The highest BCUT2D eigenvalue weighted by atomic mass is 32.2. The molecule has 0 radical (unpaired) electrons. The average molecular weight is 333 g/mol. The number of nitrogens with zero attached hydrogens (tertiary/aromatic N) is 1. The van der Waals surface area contributed by atoms with Crippen LogP contribution in [0.15, 0.2) is 48.8 Å². The van der Waals surface area contributed by atoms with Gasteiger partial charge in [-0.2, -0.15) is 0 Å². The quantitative estimate of drug-likeness (QED) is 0.575. The number of esters is 1. The largest absolute Gasteiger partial charge is 0.462 e. The number of aromatic nitrogens is 1. The molecule has 0 aliphatic heterocycles. The maximum atomic E-state index is 11.9. The fourth-order valence-corrected chi connectivity index (χ4v) is 2.91. The SMILES string of the molecule is CS(=O)(=O)Cc1ccc(C(=O)OCCCc2cccnc2)cc1. The van der Waals surface area contributed by atoms with Gasteiger partial charge in [-0.1, -0.05) is 18.2 Å². The van der Waals surface area contributed by atoms with Crippen LogP contribution in [0.25, 0.3) is 0 Å². The molecule has 0 N–H and O–H groups in total. The second-order valence-corrected chi connectivity index (χ2v) is 7.51. The normalized spacial score (nSPS) is 11.2. The molecule has 1 aromatic carbocycles. The summed E-state index contributed by atoms with van der Waals surface area (Å²) in [4.78, 5) is 15.9. The second-order valence-electron chi connectivity index (χ2n) is 5.37. The lowest BCUT2D eigenvalue weighted by atomic mass is 10.1. The van der Waals surface area contributed by atoms with E-state index in [1.807, 2.05) is 12.1 Å². The molecule has 0 amide bonds. The fourth-order valence-electron chi connectivity index (χ4n) is 2.11. The lowest BCUT2D eigenvalue weighted by Gasteiger charge is -2.06. The molecular formula is C17H19NO4S. The molecule has 6 heteroatoms. The van der Waals surface area contributed by atoms with E-state index in [0.717, 1.165) is 18.4 Å². The minimum absolute atomic E-state index is 0.0343. The smallest absolute Gasteiger partial charge is 0.338 e. The van der Waals surface area contributed by atoms with Crippen LogP contribution in [0.1, 0.15) is 27.9 Å². The van der Waals surface area contributed by atoms with Crippen molar-refractivity contribution in [2.24, 2.45) is 0 Å². The topological polar surface area (TPSA) is 73.3 Å². The minimum atomic E-state index is -3.08. The number of pyridine rings is 1. The number of sulfone groups is 1. The number of carbonyl (C=O) groups excluding carboxylic acids is 1. The van der Waals surface area contributed by atoms with E-state index in [-0.39, 0.29) is 5.75 Å². The van der Waals surface area contributed by atoms with Gasteiger partial charge >= 0.3 is 5.97 Å². The monoisotopic (exact) mass is 333 g/mol. The summed E-state index contributed by atoms with van der Waals surface area (Å²) >= 11 is 0. The summed E-state index contributed by atoms with van der Waals surface area (Å²) in [6, 6.07) is 10.3. The summed E-state index contributed by atoms with van der Waals surface area (Å²) in [5.41, 5.74) is 2.18. The first-order valence-electron chi connectivity index (χ1n) is 7.27. The van der Waals surface area contributed by atoms with Gasteiger partial charge in [0.15, 0.2) is 9.84 Å². The van der Waals surface area contributed by atoms with E-state index in [9.17, 15) is 13.2 Å². The van der Waals surface area contributed by atoms with E-state index < -0.39 is 15.8 Å². The lowest BCUT2D eigenvalue weighted by molar-refractivity contribution is 0.0500. The number of aryl methyl sites for hydroxylation is 1. The van der Waals surface area contributed by atoms with Gasteiger partial charge < -0.3 is 4.74 Å². The zero-order valence-electron chi connectivity index (χ0n) is 12.9. The van der Waals surface area contributed by atoms with Gasteiger partial charge in [-0.25, -0.2) is 13.2 Å². The van der Waals surface area contributed by atoms with Gasteiger partial charge in [-0.3, -0.25) is 4.98 Å². The molecule has 0 aliphatic carbocycles. The highest BCUT2D eigenvalue weighted by Crippen LogP contribution is 2.09. The summed E-state index contributed by atoms with van der Waals surface area (Å²) in [6.07, 6.45) is 6.22. The van der Waals surface area contributed by atoms with Gasteiger partial charge in [-0.15, -0.1) is 0 Å². The lowest BCUT2D eigenvalue weighted by Crippen LogP contribution is -2.08. The van der Waals surface area contributed by atoms with Gasteiger partial charge in [0.05, 0.1) is 17.9 Å². The van der Waals surface area contributed by atoms with E-state index in [0.29, 0.717) is 17.7 Å². The highest BCUT2D eigenvalue weighted by Gasteiger charge is 2.09. The van der Waals surface area contributed by atoms with Crippen LogP contribution in [-0.4, -0.2) is 32.2 Å². The molecular weight excluding hydrogens is 314 g/mol. The van der Waals surface area contributed by atoms with Crippen LogP contribution in [-0.2, 0) is 26.7 Å². The molecule has 0 fully saturated rings. The molecule has 23 heavy (non-hydrogen) atoms. The van der Waals surface area contributed by atoms with Crippen LogP contribution in [0.3, 0.4) is 0 Å². The molecule has 0 atom stereocenters. The zero-order chi connectivity index (χ0) is 16.7. The van der Waals surface area contributed by atoms with Crippen molar-refractivity contribution in [2.75, 3.05) is 12.9 Å². The van der Waals surface area contributed by atoms with E-state index in [1.165, 1.54) is 6.26 Å². The first-order chi connectivity index (χ1) is 10.9. The van der Waals surface area contributed by atoms with Crippen LogP contribution in [0.5, 0.6) is 0 Å². The number of benzene rings is 1. The van der Waals surface area contributed by atoms with E-state index >= 15 is 0 Å². The predicted molar refractivity (Wildman–Crippen MR) is 87.8 cm³/mol. The predicted octanol–water partition coefficient (Wildman–Crippen LogP) is 2.42. The summed E-state index contributed by atoms with van der Waals surface area (Å²) < 4.78 is 27.6. The molecule has 0 bridgehead atoms. The third-order valence-electron chi connectivity index (χ3n) is 3.18. The molecule has 2 rings (SSSR count). The Balaban J connectivity index is 1.79. The first-order valence-corrected chi connectivity index (χ1v) is 9.33. The van der Waals surface area contributed by atoms with Crippen molar-refractivity contribution in [1.82, 2.24) is 4.98 Å². The van der Waals surface area contributed by atoms with Gasteiger partial charge in [0.2, 0.25) is 0 Å². The standard InChI is InChI=1S/C17H19NO4S/c1-23(20,21)13-15-6-8-16(9-7-15)17(19)22-11-3-5-14-4-2-10-18-12-14/h2,4,6-10,12H,3,5,11,13H2,1H3. The number of rotatable bonds is 7. The van der Waals surface area contributed by atoms with Crippen molar-refractivity contribution in [3.8, 4) is 0 Å². The Hall–Kier alpha value is -2.21. The van der Waals surface area contributed by atoms with Crippen LogP contribution in [0.4, 0.5) is 0 Å². The molecule has 0 spiro atoms. The number of hydrogen-bond donors (Lipinski definition) is 0. The Morgan fingerprint density at radius 3 is 2.48 bits per heavy atom. The van der Waals surface area contributed by atoms with E-state index in [4.69, 9.17) is 4.74 Å². The van der Waals surface area contributed by atoms with Gasteiger partial charge in [0.1, 0.15) is 0 Å². The molecule has 0 saturated carbocycles. The van der Waals surface area contributed by atoms with Crippen LogP contribution >= 0.6 is 0 Å². The molecule has 0 saturated heterocycles. The molecule has 0 aliphatic rings. The molecule has 1 heterocycles. The Bertz CT molecular complexity index is 740. The highest BCUT2D eigenvalue weighted by molar-refractivity contribution is 7.89. The Morgan fingerprint density at radius 1 is 1.13 bits per heavy atom. The first kappa shape index (κ1) is 17.1. The van der Waals surface area contributed by atoms with Crippen LogP contribution in [0, 0.1) is 0 Å². The summed E-state index contributed by atoms with van der Waals surface area (Å²) in [5, 5.41) is 0. The zero-order valence-corrected chi connectivity index (χ0v) is 13.8. The Labute approximate surface area is 136 Å². The van der Waals surface area contributed by atoms with Crippen molar-refractivity contribution in [3.63, 3.8) is 0 Å². The van der Waals surface area contributed by atoms with Gasteiger partial charge in [-0.05, 0) is 42.2 Å². The molecule has 122 valence electrons. The van der Waals surface area contributed by atoms with Crippen molar-refractivity contribution in [3.05, 3.63) is 65.5 Å². The number of carbonyl (C=O) groups is 1. The molecule has 2 aromatic rings. The minimum Gasteiger partial charge on any atom is -0.462 e. The maximum absolute atomic E-state index is 11.9. The summed E-state index contributed by atoms with van der Waals surface area (Å²) in [7, 11) is -3.08. The van der Waals surface area contributed by atoms with Crippen molar-refractivity contribution in [2.45, 2.75) is 18.6 Å². The fraction of sp³-hybridized carbons (Fsp3) is 0.294. The third kappa shape index (κ3) is 6.20. The molecule has 0 unspecified atom stereocenters. The average Bonchev–Trinajstić information content (AvgIpc) is 2.51. The van der Waals surface area contributed by atoms with Gasteiger partial charge in [0, 0.05) is 18.6 Å². The molecule has 5 nitrogen and oxygen atoms in total. The Morgan fingerprint density at radius 2 is 1.87 bits per heavy atom. The number of hydrogen-bond acceptors (Lipinski definition) is 5. The second kappa shape index (κ2) is 7.87.